The molecule has 0 unspecified atom stereocenters. The molecule has 0 bridgehead atoms. The number of rotatable bonds is 5. The Kier molecular flexibility index (Phi) is 5.85. The molecule has 8 heteroatoms. The molecule has 1 aromatic heterocycles. The van der Waals surface area contributed by atoms with E-state index >= 15 is 0 Å². The Hall–Kier alpha value is -2.03. The molecular formula is C18H19FN2O3S2. The highest BCUT2D eigenvalue weighted by atomic mass is 32.2. The van der Waals surface area contributed by atoms with E-state index in [1.54, 1.807) is 40.6 Å². The van der Waals surface area contributed by atoms with Crippen molar-refractivity contribution in [3.8, 4) is 0 Å². The fourth-order valence-corrected chi connectivity index (χ4v) is 5.07. The van der Waals surface area contributed by atoms with Crippen molar-refractivity contribution in [1.82, 2.24) is 9.62 Å². The third-order valence-corrected chi connectivity index (χ3v) is 7.09. The van der Waals surface area contributed by atoms with E-state index in [0.717, 1.165) is 5.56 Å². The summed E-state index contributed by atoms with van der Waals surface area (Å²) in [6.45, 7) is 0.981. The molecule has 1 aliphatic rings. The van der Waals surface area contributed by atoms with Crippen LogP contribution in [0.15, 0.2) is 52.1 Å². The van der Waals surface area contributed by atoms with Crippen LogP contribution in [0.2, 0.25) is 0 Å². The van der Waals surface area contributed by atoms with Gasteiger partial charge in [-0.25, -0.2) is 17.5 Å². The van der Waals surface area contributed by atoms with Gasteiger partial charge in [0.1, 0.15) is 10.0 Å². The fraction of sp³-hybridized carbons (Fsp3) is 0.278. The van der Waals surface area contributed by atoms with E-state index in [4.69, 9.17) is 0 Å². The van der Waals surface area contributed by atoms with Crippen LogP contribution in [-0.4, -0.2) is 38.4 Å². The van der Waals surface area contributed by atoms with Gasteiger partial charge in [-0.05, 0) is 48.1 Å². The van der Waals surface area contributed by atoms with Crippen molar-refractivity contribution in [2.75, 3.05) is 13.1 Å². The summed E-state index contributed by atoms with van der Waals surface area (Å²) >= 11 is 1.18. The molecule has 5 nitrogen and oxygen atoms in total. The first-order chi connectivity index (χ1) is 12.4. The third kappa shape index (κ3) is 4.78. The fourth-order valence-electron chi connectivity index (χ4n) is 2.76. The number of halogens is 1. The van der Waals surface area contributed by atoms with Crippen molar-refractivity contribution in [2.45, 2.75) is 23.1 Å². The number of nitrogens with zero attached hydrogens (tertiary/aromatic N) is 1. The lowest BCUT2D eigenvalue weighted by Crippen LogP contribution is -2.46. The molecule has 1 aromatic carbocycles. The minimum atomic E-state index is -3.48. The van der Waals surface area contributed by atoms with Crippen LogP contribution < -0.4 is 4.72 Å². The summed E-state index contributed by atoms with van der Waals surface area (Å²) in [5.41, 5.74) is 0.748. The lowest BCUT2D eigenvalue weighted by molar-refractivity contribution is -0.126. The second-order valence-electron chi connectivity index (χ2n) is 6.04. The molecule has 0 radical (unpaired) electrons. The molecule has 0 atom stereocenters. The number of benzene rings is 1. The van der Waals surface area contributed by atoms with E-state index in [1.165, 1.54) is 29.5 Å². The zero-order valence-corrected chi connectivity index (χ0v) is 15.6. The minimum absolute atomic E-state index is 0.131. The molecule has 0 saturated carbocycles. The molecule has 1 aliphatic heterocycles. The lowest BCUT2D eigenvalue weighted by atomic mass is 10.1. The number of thiophene rings is 1. The molecule has 3 rings (SSSR count). The Morgan fingerprint density at radius 1 is 1.19 bits per heavy atom. The minimum Gasteiger partial charge on any atom is -0.339 e. The molecule has 1 saturated heterocycles. The highest BCUT2D eigenvalue weighted by Gasteiger charge is 2.26. The summed E-state index contributed by atoms with van der Waals surface area (Å²) in [6, 6.07) is 8.99. The Morgan fingerprint density at radius 2 is 1.88 bits per heavy atom. The van der Waals surface area contributed by atoms with Gasteiger partial charge >= 0.3 is 0 Å². The highest BCUT2D eigenvalue weighted by molar-refractivity contribution is 7.91. The number of amides is 1. The Balaban J connectivity index is 1.51. The molecular weight excluding hydrogens is 375 g/mol. The third-order valence-electron chi connectivity index (χ3n) is 4.18. The molecule has 1 N–H and O–H groups in total. The van der Waals surface area contributed by atoms with Crippen molar-refractivity contribution in [3.63, 3.8) is 0 Å². The number of piperidine rings is 1. The second kappa shape index (κ2) is 8.11. The van der Waals surface area contributed by atoms with Crippen molar-refractivity contribution in [3.05, 3.63) is 59.2 Å². The quantitative estimate of drug-likeness (QED) is 0.793. The summed E-state index contributed by atoms with van der Waals surface area (Å²) in [4.78, 5) is 13.9. The summed E-state index contributed by atoms with van der Waals surface area (Å²) < 4.78 is 40.4. The maximum atomic E-state index is 12.9. The molecule has 138 valence electrons. The Bertz CT molecular complexity index is 870. The number of carbonyl (C=O) groups is 1. The number of sulfonamides is 1. The van der Waals surface area contributed by atoms with E-state index in [2.05, 4.69) is 4.72 Å². The summed E-state index contributed by atoms with van der Waals surface area (Å²) in [5.74, 6) is -0.450. The standard InChI is InChI=1S/C18H19FN2O3S2/c19-15-6-3-14(4-7-15)5-8-17(22)21-11-9-16(10-12-21)20-26(23,24)18-2-1-13-25-18/h1-8,13,16,20H,9-12H2/b8-5+. The van der Waals surface area contributed by atoms with Crippen molar-refractivity contribution in [2.24, 2.45) is 0 Å². The van der Waals surface area contributed by atoms with Crippen molar-refractivity contribution in [1.29, 1.82) is 0 Å². The molecule has 26 heavy (non-hydrogen) atoms. The first-order valence-corrected chi connectivity index (χ1v) is 10.6. The first kappa shape index (κ1) is 18.8. The van der Waals surface area contributed by atoms with Crippen LogP contribution in [0.3, 0.4) is 0 Å². The average molecular weight is 394 g/mol. The van der Waals surface area contributed by atoms with E-state index < -0.39 is 10.0 Å². The number of hydrogen-bond donors (Lipinski definition) is 1. The molecule has 1 amide bonds. The Labute approximate surface area is 156 Å². The maximum absolute atomic E-state index is 12.9. The van der Waals surface area contributed by atoms with Crippen molar-refractivity contribution < 1.29 is 17.6 Å². The molecule has 2 aromatic rings. The van der Waals surface area contributed by atoms with E-state index in [1.807, 2.05) is 0 Å². The van der Waals surface area contributed by atoms with Gasteiger partial charge < -0.3 is 4.90 Å². The number of likely N-dealkylation sites (tertiary alicyclic amines) is 1. The van der Waals surface area contributed by atoms with Gasteiger partial charge in [-0.3, -0.25) is 4.79 Å². The van der Waals surface area contributed by atoms with Crippen molar-refractivity contribution >= 4 is 33.3 Å². The monoisotopic (exact) mass is 394 g/mol. The maximum Gasteiger partial charge on any atom is 0.250 e. The van der Waals surface area contributed by atoms with Crippen LogP contribution in [0.1, 0.15) is 18.4 Å². The van der Waals surface area contributed by atoms with Gasteiger partial charge in [0.25, 0.3) is 0 Å². The van der Waals surface area contributed by atoms with Gasteiger partial charge in [0.15, 0.2) is 0 Å². The largest absolute Gasteiger partial charge is 0.339 e. The predicted molar refractivity (Wildman–Crippen MR) is 99.7 cm³/mol. The van der Waals surface area contributed by atoms with Crippen LogP contribution in [0.4, 0.5) is 4.39 Å². The topological polar surface area (TPSA) is 66.5 Å². The summed E-state index contributed by atoms with van der Waals surface area (Å²) in [6.07, 6.45) is 4.25. The van der Waals surface area contributed by atoms with Crippen LogP contribution >= 0.6 is 11.3 Å². The van der Waals surface area contributed by atoms with Crippen LogP contribution in [0.5, 0.6) is 0 Å². The zero-order valence-electron chi connectivity index (χ0n) is 14.0. The van der Waals surface area contributed by atoms with E-state index in [9.17, 15) is 17.6 Å². The lowest BCUT2D eigenvalue weighted by Gasteiger charge is -2.31. The van der Waals surface area contributed by atoms with Gasteiger partial charge in [-0.2, -0.15) is 0 Å². The van der Waals surface area contributed by atoms with E-state index in [-0.39, 0.29) is 17.8 Å². The van der Waals surface area contributed by atoms with Crippen LogP contribution in [-0.2, 0) is 14.8 Å². The molecule has 0 aliphatic carbocycles. The van der Waals surface area contributed by atoms with Gasteiger partial charge in [0, 0.05) is 25.2 Å². The average Bonchev–Trinajstić information content (AvgIpc) is 3.17. The SMILES string of the molecule is O=C(/C=C/c1ccc(F)cc1)N1CCC(NS(=O)(=O)c2cccs2)CC1. The number of nitrogens with one attached hydrogen (secondary N) is 1. The number of hydrogen-bond acceptors (Lipinski definition) is 4. The summed E-state index contributed by atoms with van der Waals surface area (Å²) in [5, 5.41) is 1.73. The molecule has 0 spiro atoms. The van der Waals surface area contributed by atoms with Gasteiger partial charge in [-0.1, -0.05) is 18.2 Å². The normalized spacial score (nSPS) is 16.3. The van der Waals surface area contributed by atoms with Gasteiger partial charge in [0.2, 0.25) is 15.9 Å². The highest BCUT2D eigenvalue weighted by Crippen LogP contribution is 2.19. The van der Waals surface area contributed by atoms with E-state index in [0.29, 0.717) is 30.1 Å². The number of carbonyl (C=O) groups excluding carboxylic acids is 1. The smallest absolute Gasteiger partial charge is 0.250 e. The van der Waals surface area contributed by atoms with Gasteiger partial charge in [0.05, 0.1) is 0 Å². The zero-order chi connectivity index (χ0) is 18.6. The second-order valence-corrected chi connectivity index (χ2v) is 8.93. The first-order valence-electron chi connectivity index (χ1n) is 8.22. The van der Waals surface area contributed by atoms with Crippen LogP contribution in [0.25, 0.3) is 6.08 Å². The Morgan fingerprint density at radius 3 is 2.50 bits per heavy atom. The molecule has 1 fully saturated rings. The summed E-state index contributed by atoms with van der Waals surface area (Å²) in [7, 11) is -3.48. The predicted octanol–water partition coefficient (Wildman–Crippen LogP) is 2.87. The molecule has 2 heterocycles. The van der Waals surface area contributed by atoms with Gasteiger partial charge in [-0.15, -0.1) is 11.3 Å². The van der Waals surface area contributed by atoms with Crippen LogP contribution in [0, 0.1) is 5.82 Å².